The van der Waals surface area contributed by atoms with E-state index in [9.17, 15) is 27.6 Å². The smallest absolute Gasteiger partial charge is 0.411 e. The first-order chi connectivity index (χ1) is 16.0. The van der Waals surface area contributed by atoms with Gasteiger partial charge in [0.25, 0.3) is 0 Å². The van der Waals surface area contributed by atoms with Crippen LogP contribution >= 0.6 is 0 Å². The van der Waals surface area contributed by atoms with Gasteiger partial charge in [-0.3, -0.25) is 9.59 Å². The number of carbonyl (C=O) groups excluding carboxylic acids is 2. The Morgan fingerprint density at radius 1 is 1.09 bits per heavy atom. The van der Waals surface area contributed by atoms with Gasteiger partial charge in [-0.15, -0.1) is 0 Å². The topological polar surface area (TPSA) is 95.9 Å². The molecule has 4 rings (SSSR count). The number of alkyl halides is 3. The highest BCUT2D eigenvalue weighted by Gasteiger charge is 2.67. The molecule has 0 bridgehead atoms. The van der Waals surface area contributed by atoms with Gasteiger partial charge in [0.2, 0.25) is 5.91 Å². The largest absolute Gasteiger partial charge is 0.481 e. The summed E-state index contributed by atoms with van der Waals surface area (Å²) in [6.07, 6.45) is -7.16. The van der Waals surface area contributed by atoms with Crippen molar-refractivity contribution in [3.8, 4) is 11.1 Å². The number of carboxylic acid groups (broad SMARTS) is 1. The molecule has 0 aliphatic heterocycles. The fourth-order valence-electron chi connectivity index (χ4n) is 4.53. The van der Waals surface area contributed by atoms with Crippen molar-refractivity contribution in [2.24, 2.45) is 0 Å². The minimum absolute atomic E-state index is 0.0871. The number of carboxylic acids is 1. The van der Waals surface area contributed by atoms with E-state index in [1.807, 2.05) is 48.5 Å². The number of aliphatic carboxylic acids is 1. The number of ether oxygens (including phenoxy) is 1. The normalized spacial score (nSPS) is 16.7. The van der Waals surface area contributed by atoms with Gasteiger partial charge in [-0.2, -0.15) is 13.2 Å². The van der Waals surface area contributed by atoms with Gasteiger partial charge in [0, 0.05) is 13.0 Å². The fourth-order valence-corrected chi connectivity index (χ4v) is 4.53. The molecule has 2 N–H and O–H groups in total. The molecule has 2 aliphatic rings. The zero-order chi connectivity index (χ0) is 24.7. The predicted octanol–water partition coefficient (Wildman–Crippen LogP) is 3.92. The van der Waals surface area contributed by atoms with E-state index in [-0.39, 0.29) is 25.4 Å². The van der Waals surface area contributed by atoms with E-state index >= 15 is 0 Å². The lowest BCUT2D eigenvalue weighted by Gasteiger charge is -2.32. The van der Waals surface area contributed by atoms with Crippen molar-refractivity contribution in [3.63, 3.8) is 0 Å². The molecular formula is C24H23F3N2O5. The highest BCUT2D eigenvalue weighted by Crippen LogP contribution is 2.53. The number of fused-ring (bicyclic) bond motifs is 3. The van der Waals surface area contributed by atoms with Gasteiger partial charge < -0.3 is 20.1 Å². The zero-order valence-electron chi connectivity index (χ0n) is 18.3. The molecular weight excluding hydrogens is 453 g/mol. The fraction of sp³-hybridized carbons (Fsp3) is 0.375. The maximum Gasteiger partial charge on any atom is 0.411 e. The van der Waals surface area contributed by atoms with E-state index in [2.05, 4.69) is 5.32 Å². The number of hydrogen-bond donors (Lipinski definition) is 2. The summed E-state index contributed by atoms with van der Waals surface area (Å²) in [5, 5.41) is 11.3. The van der Waals surface area contributed by atoms with Crippen LogP contribution < -0.4 is 5.32 Å². The van der Waals surface area contributed by atoms with Crippen LogP contribution in [0.2, 0.25) is 0 Å². The predicted molar refractivity (Wildman–Crippen MR) is 115 cm³/mol. The average molecular weight is 476 g/mol. The molecule has 0 heterocycles. The average Bonchev–Trinajstić information content (AvgIpc) is 3.55. The Hall–Kier alpha value is -3.56. The summed E-state index contributed by atoms with van der Waals surface area (Å²) in [4.78, 5) is 36.9. The molecule has 2 aromatic carbocycles. The first-order valence-corrected chi connectivity index (χ1v) is 10.7. The van der Waals surface area contributed by atoms with E-state index in [1.165, 1.54) is 0 Å². The number of nitrogens with zero attached hydrogens (tertiary/aromatic N) is 1. The molecule has 1 saturated carbocycles. The van der Waals surface area contributed by atoms with Crippen LogP contribution in [-0.2, 0) is 14.3 Å². The Kier molecular flexibility index (Phi) is 6.01. The number of nitrogens with one attached hydrogen (secondary N) is 1. The molecule has 2 amide bonds. The second kappa shape index (κ2) is 8.66. The third-order valence-electron chi connectivity index (χ3n) is 6.54. The summed E-state index contributed by atoms with van der Waals surface area (Å²) in [6.45, 7) is -0.0871. The van der Waals surface area contributed by atoms with Crippen molar-refractivity contribution >= 4 is 18.0 Å². The number of carbonyl (C=O) groups is 3. The Bertz CT molecular complexity index is 1080. The van der Waals surface area contributed by atoms with E-state index in [1.54, 1.807) is 0 Å². The monoisotopic (exact) mass is 476 g/mol. The Balaban J connectivity index is 1.45. The summed E-state index contributed by atoms with van der Waals surface area (Å²) in [6, 6.07) is 13.6. The molecule has 7 nitrogen and oxygen atoms in total. The SMILES string of the molecule is CN(C(=O)C(CC(=O)O)NC(=O)OCC1c2ccccc2-c2ccccc21)C1(C(F)(F)F)CC1. The van der Waals surface area contributed by atoms with E-state index in [4.69, 9.17) is 9.84 Å². The number of alkyl carbamates (subject to hydrolysis) is 1. The van der Waals surface area contributed by atoms with Crippen LogP contribution in [-0.4, -0.2) is 59.4 Å². The van der Waals surface area contributed by atoms with E-state index in [0.29, 0.717) is 4.90 Å². The number of amides is 2. The lowest BCUT2D eigenvalue weighted by Crippen LogP contribution is -2.56. The summed E-state index contributed by atoms with van der Waals surface area (Å²) in [5.74, 6) is -2.84. The van der Waals surface area contributed by atoms with Crippen LogP contribution in [0.1, 0.15) is 36.3 Å². The second-order valence-electron chi connectivity index (χ2n) is 8.55. The molecule has 0 spiro atoms. The van der Waals surface area contributed by atoms with Crippen molar-refractivity contribution in [2.45, 2.75) is 42.9 Å². The summed E-state index contributed by atoms with van der Waals surface area (Å²) in [7, 11) is 0.969. The molecule has 0 aromatic heterocycles. The summed E-state index contributed by atoms with van der Waals surface area (Å²) < 4.78 is 45.5. The molecule has 2 aromatic rings. The number of hydrogen-bond acceptors (Lipinski definition) is 4. The van der Waals surface area contributed by atoms with Gasteiger partial charge >= 0.3 is 18.2 Å². The molecule has 1 unspecified atom stereocenters. The van der Waals surface area contributed by atoms with Crippen molar-refractivity contribution in [1.82, 2.24) is 10.2 Å². The van der Waals surface area contributed by atoms with Gasteiger partial charge in [-0.05, 0) is 35.1 Å². The quantitative estimate of drug-likeness (QED) is 0.632. The number of likely N-dealkylation sites (N-methyl/N-ethyl adjacent to an activating group) is 1. The van der Waals surface area contributed by atoms with Gasteiger partial charge in [0.15, 0.2) is 0 Å². The van der Waals surface area contributed by atoms with Gasteiger partial charge in [-0.25, -0.2) is 4.79 Å². The standard InChI is InChI=1S/C24H23F3N2O5/c1-29(23(10-11-23)24(25,26)27)21(32)19(12-20(30)31)28-22(33)34-13-18-16-8-4-2-6-14(16)15-7-3-5-9-17(15)18/h2-9,18-19H,10-13H2,1H3,(H,28,33)(H,30,31). The molecule has 10 heteroatoms. The number of halogens is 3. The third-order valence-corrected chi connectivity index (χ3v) is 6.54. The highest BCUT2D eigenvalue weighted by atomic mass is 19.4. The molecule has 2 aliphatic carbocycles. The van der Waals surface area contributed by atoms with Crippen LogP contribution in [0.25, 0.3) is 11.1 Å². The lowest BCUT2D eigenvalue weighted by atomic mass is 9.98. The molecule has 0 radical (unpaired) electrons. The molecule has 1 fully saturated rings. The molecule has 1 atom stereocenters. The first kappa shape index (κ1) is 23.6. The Labute approximate surface area is 193 Å². The molecule has 34 heavy (non-hydrogen) atoms. The summed E-state index contributed by atoms with van der Waals surface area (Å²) in [5.41, 5.74) is 1.60. The maximum atomic E-state index is 13.4. The van der Waals surface area contributed by atoms with Crippen LogP contribution in [0, 0.1) is 0 Å². The van der Waals surface area contributed by atoms with Crippen LogP contribution in [0.5, 0.6) is 0 Å². The number of benzene rings is 2. The van der Waals surface area contributed by atoms with Crippen LogP contribution in [0.3, 0.4) is 0 Å². The first-order valence-electron chi connectivity index (χ1n) is 10.7. The lowest BCUT2D eigenvalue weighted by molar-refractivity contribution is -0.197. The summed E-state index contributed by atoms with van der Waals surface area (Å²) >= 11 is 0. The third kappa shape index (κ3) is 4.20. The van der Waals surface area contributed by atoms with Crippen molar-refractivity contribution in [2.75, 3.05) is 13.7 Å². The minimum Gasteiger partial charge on any atom is -0.481 e. The van der Waals surface area contributed by atoms with Gasteiger partial charge in [-0.1, -0.05) is 48.5 Å². The van der Waals surface area contributed by atoms with Crippen LogP contribution in [0.4, 0.5) is 18.0 Å². The zero-order valence-corrected chi connectivity index (χ0v) is 18.3. The van der Waals surface area contributed by atoms with Crippen molar-refractivity contribution in [1.29, 1.82) is 0 Å². The molecule has 0 saturated heterocycles. The Morgan fingerprint density at radius 2 is 1.62 bits per heavy atom. The van der Waals surface area contributed by atoms with Crippen LogP contribution in [0.15, 0.2) is 48.5 Å². The van der Waals surface area contributed by atoms with Crippen molar-refractivity contribution < 1.29 is 37.4 Å². The van der Waals surface area contributed by atoms with Gasteiger partial charge in [0.1, 0.15) is 18.2 Å². The molecule has 180 valence electrons. The maximum absolute atomic E-state index is 13.4. The van der Waals surface area contributed by atoms with E-state index < -0.39 is 42.1 Å². The minimum atomic E-state index is -4.66. The number of rotatable bonds is 7. The van der Waals surface area contributed by atoms with E-state index in [0.717, 1.165) is 29.3 Å². The van der Waals surface area contributed by atoms with Gasteiger partial charge in [0.05, 0.1) is 6.42 Å². The second-order valence-corrected chi connectivity index (χ2v) is 8.55. The Morgan fingerprint density at radius 3 is 2.09 bits per heavy atom. The van der Waals surface area contributed by atoms with Crippen molar-refractivity contribution in [3.05, 3.63) is 59.7 Å². The highest BCUT2D eigenvalue weighted by molar-refractivity contribution is 5.90.